The number of aryl methyl sites for hydroxylation is 1. The summed E-state index contributed by atoms with van der Waals surface area (Å²) in [5.41, 5.74) is 2.12. The molecule has 2 heterocycles. The molecule has 32 heavy (non-hydrogen) atoms. The highest BCUT2D eigenvalue weighted by Gasteiger charge is 2.28. The van der Waals surface area contributed by atoms with Crippen LogP contribution in [0.2, 0.25) is 0 Å². The summed E-state index contributed by atoms with van der Waals surface area (Å²) < 4.78 is 36.0. The zero-order valence-corrected chi connectivity index (χ0v) is 17.7. The van der Waals surface area contributed by atoms with Crippen LogP contribution in [0, 0.1) is 18.6 Å². The van der Waals surface area contributed by atoms with E-state index < -0.39 is 29.7 Å². The van der Waals surface area contributed by atoms with Crippen LogP contribution in [-0.4, -0.2) is 59.8 Å². The molecule has 0 radical (unpaired) electrons. The van der Waals surface area contributed by atoms with Gasteiger partial charge in [-0.1, -0.05) is 12.1 Å². The number of carboxylic acid groups (broad SMARTS) is 1. The second-order valence-electron chi connectivity index (χ2n) is 7.80. The number of nitrogens with zero attached hydrogens (tertiary/aromatic N) is 1. The van der Waals surface area contributed by atoms with E-state index in [4.69, 9.17) is 4.74 Å². The predicted octanol–water partition coefficient (Wildman–Crippen LogP) is 3.70. The van der Waals surface area contributed by atoms with Crippen LogP contribution in [0.15, 0.2) is 30.3 Å². The lowest BCUT2D eigenvalue weighted by atomic mass is 9.96. The van der Waals surface area contributed by atoms with Gasteiger partial charge in [0, 0.05) is 36.5 Å². The SMILES string of the molecule is CNC(=O)c1cc(F)c(-c2[nH]c3cccc(C)c3c2CC2CN(C(=O)O)CCO2)c(F)c1. The number of ether oxygens (including phenoxy) is 1. The Hall–Kier alpha value is -3.46. The number of aromatic nitrogens is 1. The third-order valence-corrected chi connectivity index (χ3v) is 5.76. The highest BCUT2D eigenvalue weighted by molar-refractivity contribution is 5.96. The molecular formula is C23H23F2N3O4. The van der Waals surface area contributed by atoms with Crippen molar-refractivity contribution < 1.29 is 28.2 Å². The summed E-state index contributed by atoms with van der Waals surface area (Å²) in [5, 5.41) is 12.5. The van der Waals surface area contributed by atoms with E-state index in [1.54, 1.807) is 0 Å². The zero-order valence-electron chi connectivity index (χ0n) is 17.7. The first-order valence-corrected chi connectivity index (χ1v) is 10.2. The molecule has 1 fully saturated rings. The molecule has 2 amide bonds. The molecule has 1 unspecified atom stereocenters. The van der Waals surface area contributed by atoms with Gasteiger partial charge in [-0.2, -0.15) is 0 Å². The lowest BCUT2D eigenvalue weighted by molar-refractivity contribution is -0.0208. The van der Waals surface area contributed by atoms with E-state index in [0.717, 1.165) is 23.1 Å². The summed E-state index contributed by atoms with van der Waals surface area (Å²) in [6, 6.07) is 7.56. The van der Waals surface area contributed by atoms with Crippen molar-refractivity contribution in [3.8, 4) is 11.3 Å². The van der Waals surface area contributed by atoms with Crippen molar-refractivity contribution in [2.45, 2.75) is 19.4 Å². The Morgan fingerprint density at radius 3 is 2.66 bits per heavy atom. The summed E-state index contributed by atoms with van der Waals surface area (Å²) in [4.78, 5) is 27.6. The molecule has 1 aliphatic heterocycles. The lowest BCUT2D eigenvalue weighted by Crippen LogP contribution is -2.45. The number of amides is 2. The normalized spacial score (nSPS) is 16.4. The van der Waals surface area contributed by atoms with Gasteiger partial charge in [0.05, 0.1) is 30.5 Å². The van der Waals surface area contributed by atoms with Crippen LogP contribution >= 0.6 is 0 Å². The van der Waals surface area contributed by atoms with Gasteiger partial charge in [0.1, 0.15) is 11.6 Å². The smallest absolute Gasteiger partial charge is 0.407 e. The first-order valence-electron chi connectivity index (χ1n) is 10.2. The number of carbonyl (C=O) groups excluding carboxylic acids is 1. The molecule has 1 atom stereocenters. The molecule has 168 valence electrons. The van der Waals surface area contributed by atoms with Crippen LogP contribution in [0.4, 0.5) is 13.6 Å². The molecule has 1 aliphatic rings. The zero-order chi connectivity index (χ0) is 23.0. The maximum absolute atomic E-state index is 15.1. The first kappa shape index (κ1) is 21.8. The van der Waals surface area contributed by atoms with Crippen molar-refractivity contribution in [1.82, 2.24) is 15.2 Å². The molecule has 2 aromatic carbocycles. The molecule has 0 bridgehead atoms. The number of morpholine rings is 1. The van der Waals surface area contributed by atoms with E-state index in [2.05, 4.69) is 10.3 Å². The number of hydrogen-bond acceptors (Lipinski definition) is 3. The van der Waals surface area contributed by atoms with Crippen molar-refractivity contribution >= 4 is 22.9 Å². The molecule has 3 N–H and O–H groups in total. The largest absolute Gasteiger partial charge is 0.465 e. The third kappa shape index (κ3) is 3.91. The third-order valence-electron chi connectivity index (χ3n) is 5.76. The predicted molar refractivity (Wildman–Crippen MR) is 115 cm³/mol. The van der Waals surface area contributed by atoms with E-state index in [1.807, 2.05) is 25.1 Å². The number of benzene rings is 2. The average Bonchev–Trinajstić information content (AvgIpc) is 3.11. The van der Waals surface area contributed by atoms with E-state index in [-0.39, 0.29) is 42.9 Å². The van der Waals surface area contributed by atoms with Crippen LogP contribution in [0.1, 0.15) is 21.5 Å². The number of H-pyrrole nitrogens is 1. The van der Waals surface area contributed by atoms with Crippen LogP contribution in [-0.2, 0) is 11.2 Å². The minimum Gasteiger partial charge on any atom is -0.465 e. The van der Waals surface area contributed by atoms with E-state index in [1.165, 1.54) is 11.9 Å². The minimum atomic E-state index is -1.03. The molecule has 3 aromatic rings. The average molecular weight is 443 g/mol. The topological polar surface area (TPSA) is 94.7 Å². The molecule has 0 saturated carbocycles. The number of hydrogen-bond donors (Lipinski definition) is 3. The van der Waals surface area contributed by atoms with Gasteiger partial charge in [-0.25, -0.2) is 13.6 Å². The van der Waals surface area contributed by atoms with Crippen molar-refractivity contribution in [2.75, 3.05) is 26.7 Å². The number of carbonyl (C=O) groups is 2. The minimum absolute atomic E-state index is 0.118. The number of rotatable bonds is 4. The molecule has 0 spiro atoms. The summed E-state index contributed by atoms with van der Waals surface area (Å²) >= 11 is 0. The van der Waals surface area contributed by atoms with E-state index >= 15 is 8.78 Å². The second kappa shape index (κ2) is 8.58. The van der Waals surface area contributed by atoms with Gasteiger partial charge in [0.2, 0.25) is 0 Å². The van der Waals surface area contributed by atoms with Gasteiger partial charge < -0.3 is 25.0 Å². The van der Waals surface area contributed by atoms with Crippen molar-refractivity contribution in [3.63, 3.8) is 0 Å². The van der Waals surface area contributed by atoms with Gasteiger partial charge in [-0.15, -0.1) is 0 Å². The molecule has 4 rings (SSSR count). The summed E-state index contributed by atoms with van der Waals surface area (Å²) in [6.07, 6.45) is -1.23. The van der Waals surface area contributed by atoms with Gasteiger partial charge in [-0.05, 0) is 36.2 Å². The van der Waals surface area contributed by atoms with Crippen molar-refractivity contribution in [1.29, 1.82) is 0 Å². The van der Waals surface area contributed by atoms with Gasteiger partial charge in [-0.3, -0.25) is 4.79 Å². The Balaban J connectivity index is 1.84. The standard InChI is InChI=1S/C23H23F2N3O4/c1-12-4-3-5-18-19(12)15(10-14-11-28(23(30)31)6-7-32-14)21(27-18)20-16(24)8-13(9-17(20)25)22(29)26-2/h3-5,8-9,14,27H,6-7,10-11H2,1-2H3,(H,26,29)(H,30,31). The first-order chi connectivity index (χ1) is 15.3. The number of fused-ring (bicyclic) bond motifs is 1. The Bertz CT molecular complexity index is 1180. The summed E-state index contributed by atoms with van der Waals surface area (Å²) in [7, 11) is 1.38. The Morgan fingerprint density at radius 1 is 1.28 bits per heavy atom. The van der Waals surface area contributed by atoms with Crippen LogP contribution in [0.3, 0.4) is 0 Å². The fourth-order valence-electron chi connectivity index (χ4n) is 4.26. The monoisotopic (exact) mass is 443 g/mol. The van der Waals surface area contributed by atoms with Crippen molar-refractivity contribution in [3.05, 3.63) is 58.7 Å². The lowest BCUT2D eigenvalue weighted by Gasteiger charge is -2.31. The maximum Gasteiger partial charge on any atom is 0.407 e. The van der Waals surface area contributed by atoms with Gasteiger partial charge in [0.25, 0.3) is 5.91 Å². The summed E-state index contributed by atoms with van der Waals surface area (Å²) in [6.45, 7) is 2.58. The number of nitrogens with one attached hydrogen (secondary N) is 2. The Morgan fingerprint density at radius 2 is 2.00 bits per heavy atom. The molecule has 9 heteroatoms. The quantitative estimate of drug-likeness (QED) is 0.573. The summed E-state index contributed by atoms with van der Waals surface area (Å²) in [5.74, 6) is -2.33. The molecule has 7 nitrogen and oxygen atoms in total. The highest BCUT2D eigenvalue weighted by atomic mass is 19.1. The Kier molecular flexibility index (Phi) is 5.84. The maximum atomic E-state index is 15.1. The van der Waals surface area contributed by atoms with Crippen LogP contribution in [0.5, 0.6) is 0 Å². The van der Waals surface area contributed by atoms with E-state index in [9.17, 15) is 14.7 Å². The Labute approximate surface area is 183 Å². The second-order valence-corrected chi connectivity index (χ2v) is 7.80. The molecule has 1 saturated heterocycles. The van der Waals surface area contributed by atoms with Crippen LogP contribution < -0.4 is 5.32 Å². The van der Waals surface area contributed by atoms with Gasteiger partial charge >= 0.3 is 6.09 Å². The van der Waals surface area contributed by atoms with Crippen molar-refractivity contribution in [2.24, 2.45) is 0 Å². The molecule has 1 aromatic heterocycles. The van der Waals surface area contributed by atoms with E-state index in [0.29, 0.717) is 11.1 Å². The highest BCUT2D eigenvalue weighted by Crippen LogP contribution is 2.36. The molecule has 0 aliphatic carbocycles. The number of aromatic amines is 1. The fourth-order valence-corrected chi connectivity index (χ4v) is 4.26. The number of halogens is 2. The fraction of sp³-hybridized carbons (Fsp3) is 0.304. The van der Waals surface area contributed by atoms with Gasteiger partial charge in [0.15, 0.2) is 0 Å². The molecular weight excluding hydrogens is 420 g/mol. The van der Waals surface area contributed by atoms with Crippen LogP contribution in [0.25, 0.3) is 22.2 Å².